The van der Waals surface area contributed by atoms with E-state index >= 15 is 0 Å². The predicted octanol–water partition coefficient (Wildman–Crippen LogP) is -0.895. The zero-order chi connectivity index (χ0) is 22.9. The summed E-state index contributed by atoms with van der Waals surface area (Å²) in [6.45, 7) is -0.715. The zero-order valence-corrected chi connectivity index (χ0v) is 16.2. The third-order valence-electron chi connectivity index (χ3n) is 5.30. The van der Waals surface area contributed by atoms with E-state index in [2.05, 4.69) is 0 Å². The van der Waals surface area contributed by atoms with Gasteiger partial charge in [0.15, 0.2) is 5.78 Å². The van der Waals surface area contributed by atoms with Crippen molar-refractivity contribution in [1.29, 1.82) is 0 Å². The number of ketones is 1. The first-order valence-corrected chi connectivity index (χ1v) is 9.51. The lowest BCUT2D eigenvalue weighted by Crippen LogP contribution is -2.55. The number of aromatic hydroxyl groups is 3. The second-order valence-electron chi connectivity index (χ2n) is 7.39. The van der Waals surface area contributed by atoms with E-state index in [4.69, 9.17) is 4.74 Å². The van der Waals surface area contributed by atoms with Crippen molar-refractivity contribution >= 4 is 5.78 Å². The van der Waals surface area contributed by atoms with Crippen LogP contribution in [0.15, 0.2) is 36.4 Å². The molecule has 10 nitrogen and oxygen atoms in total. The van der Waals surface area contributed by atoms with Crippen LogP contribution in [0.2, 0.25) is 0 Å². The molecule has 0 spiro atoms. The molecule has 0 radical (unpaired) electrons. The molecule has 0 aliphatic carbocycles. The van der Waals surface area contributed by atoms with E-state index in [1.54, 1.807) is 0 Å². The number of carbonyl (C=O) groups excluding carboxylic acids is 1. The summed E-state index contributed by atoms with van der Waals surface area (Å²) < 4.78 is 5.35. The van der Waals surface area contributed by atoms with Gasteiger partial charge in [-0.1, -0.05) is 12.1 Å². The molecule has 6 atom stereocenters. The topological polar surface area (TPSA) is 188 Å². The van der Waals surface area contributed by atoms with Gasteiger partial charge in [-0.3, -0.25) is 4.79 Å². The van der Waals surface area contributed by atoms with Crippen molar-refractivity contribution in [1.82, 2.24) is 0 Å². The lowest BCUT2D eigenvalue weighted by atomic mass is 9.88. The fourth-order valence-corrected chi connectivity index (χ4v) is 3.54. The molecule has 1 saturated heterocycles. The lowest BCUT2D eigenvalue weighted by molar-refractivity contribution is -0.232. The maximum Gasteiger partial charge on any atom is 0.195 e. The number of carbonyl (C=O) groups is 1. The molecular weight excluding hydrogens is 412 g/mol. The minimum atomic E-state index is -1.79. The fraction of sp³-hybridized carbons (Fsp3) is 0.381. The number of phenols is 3. The van der Waals surface area contributed by atoms with Gasteiger partial charge in [0, 0.05) is 6.42 Å². The van der Waals surface area contributed by atoms with Gasteiger partial charge in [-0.05, 0) is 29.8 Å². The summed E-state index contributed by atoms with van der Waals surface area (Å²) >= 11 is 0. The Balaban J connectivity index is 1.91. The van der Waals surface area contributed by atoms with Crippen molar-refractivity contribution in [2.24, 2.45) is 0 Å². The molecule has 2 aromatic carbocycles. The first kappa shape index (κ1) is 22.9. The van der Waals surface area contributed by atoms with Gasteiger partial charge >= 0.3 is 0 Å². The molecule has 0 bridgehead atoms. The number of benzene rings is 2. The van der Waals surface area contributed by atoms with Gasteiger partial charge in [0.1, 0.15) is 53.9 Å². The maximum atomic E-state index is 12.7. The third kappa shape index (κ3) is 4.49. The Hall–Kier alpha value is -2.73. The Morgan fingerprint density at radius 1 is 0.935 bits per heavy atom. The largest absolute Gasteiger partial charge is 0.508 e. The van der Waals surface area contributed by atoms with Crippen molar-refractivity contribution in [3.8, 4) is 17.2 Å². The molecule has 8 N–H and O–H groups in total. The number of phenolic OH excluding ortho intramolecular Hbond substituents is 3. The van der Waals surface area contributed by atoms with Crippen LogP contribution in [-0.4, -0.2) is 83.8 Å². The molecule has 168 valence electrons. The van der Waals surface area contributed by atoms with Gasteiger partial charge in [-0.2, -0.15) is 0 Å². The summed E-state index contributed by atoms with van der Waals surface area (Å²) in [4.78, 5) is 12.7. The highest BCUT2D eigenvalue weighted by molar-refractivity contribution is 6.02. The number of rotatable bonds is 6. The van der Waals surface area contributed by atoms with E-state index in [-0.39, 0.29) is 17.7 Å². The van der Waals surface area contributed by atoms with Crippen molar-refractivity contribution in [2.75, 3.05) is 6.61 Å². The number of aliphatic hydroxyl groups excluding tert-OH is 5. The van der Waals surface area contributed by atoms with Crippen LogP contribution in [0.25, 0.3) is 0 Å². The highest BCUT2D eigenvalue weighted by Gasteiger charge is 2.46. The maximum absolute atomic E-state index is 12.7. The van der Waals surface area contributed by atoms with Crippen LogP contribution in [0.3, 0.4) is 0 Å². The summed E-state index contributed by atoms with van der Waals surface area (Å²) in [5, 5.41) is 80.0. The molecule has 0 aromatic heterocycles. The van der Waals surface area contributed by atoms with Gasteiger partial charge in [0.05, 0.1) is 17.7 Å². The van der Waals surface area contributed by atoms with Crippen LogP contribution in [-0.2, 0) is 11.2 Å². The molecule has 1 aliphatic rings. The highest BCUT2D eigenvalue weighted by Crippen LogP contribution is 2.43. The number of hydrogen-bond donors (Lipinski definition) is 8. The SMILES string of the molecule is O=C(c1ccc(O)c([C@H]2O[C@H](CO)[C@@H](O)[C@H](O)[C@H]2O)c1O)[C@@H](O)Cc1ccc(O)cc1. The van der Waals surface area contributed by atoms with Crippen LogP contribution in [0.5, 0.6) is 17.2 Å². The Morgan fingerprint density at radius 3 is 2.19 bits per heavy atom. The molecule has 0 saturated carbocycles. The number of ether oxygens (including phenoxy) is 1. The molecule has 10 heteroatoms. The molecule has 1 fully saturated rings. The van der Waals surface area contributed by atoms with E-state index in [9.17, 15) is 45.6 Å². The minimum Gasteiger partial charge on any atom is -0.508 e. The molecule has 3 rings (SSSR count). The third-order valence-corrected chi connectivity index (χ3v) is 5.30. The quantitative estimate of drug-likeness (QED) is 0.264. The normalized spacial score (nSPS) is 27.1. The van der Waals surface area contributed by atoms with Crippen molar-refractivity contribution in [3.05, 3.63) is 53.1 Å². The molecule has 0 unspecified atom stereocenters. The van der Waals surface area contributed by atoms with E-state index in [1.165, 1.54) is 24.3 Å². The average Bonchev–Trinajstić information content (AvgIpc) is 2.74. The summed E-state index contributed by atoms with van der Waals surface area (Å²) in [5.41, 5.74) is -0.248. The van der Waals surface area contributed by atoms with Gasteiger partial charge in [-0.15, -0.1) is 0 Å². The summed E-state index contributed by atoms with van der Waals surface area (Å²) in [6.07, 6.45) is -9.73. The molecule has 31 heavy (non-hydrogen) atoms. The van der Waals surface area contributed by atoms with Crippen LogP contribution in [0, 0.1) is 0 Å². The van der Waals surface area contributed by atoms with Crippen LogP contribution in [0.1, 0.15) is 27.6 Å². The van der Waals surface area contributed by atoms with Gasteiger partial charge < -0.3 is 45.6 Å². The van der Waals surface area contributed by atoms with Crippen LogP contribution >= 0.6 is 0 Å². The highest BCUT2D eigenvalue weighted by atomic mass is 16.5. The molecule has 1 aliphatic heterocycles. The summed E-state index contributed by atoms with van der Waals surface area (Å²) in [7, 11) is 0. The molecular formula is C21H24O10. The number of Topliss-reactive ketones (excluding diaryl/α,β-unsaturated/α-hetero) is 1. The van der Waals surface area contributed by atoms with E-state index in [0.29, 0.717) is 5.56 Å². The Labute approximate surface area is 176 Å². The Kier molecular flexibility index (Phi) is 6.80. The standard InChI is InChI=1S/C21H24O10/c22-8-14-18(28)19(29)20(30)21(31-14)15-12(24)6-5-11(17(15)27)16(26)13(25)7-9-1-3-10(23)4-2-9/h1-6,13-14,18-25,27-30H,7-8H2/t13-,14+,18+,19-,20+,21+/m0/s1. The predicted molar refractivity (Wildman–Crippen MR) is 105 cm³/mol. The van der Waals surface area contributed by atoms with Gasteiger partial charge in [0.25, 0.3) is 0 Å². The summed E-state index contributed by atoms with van der Waals surface area (Å²) in [6, 6.07) is 7.95. The van der Waals surface area contributed by atoms with Gasteiger partial charge in [-0.25, -0.2) is 0 Å². The zero-order valence-electron chi connectivity index (χ0n) is 16.2. The lowest BCUT2D eigenvalue weighted by Gasteiger charge is -2.40. The van der Waals surface area contributed by atoms with Crippen LogP contribution in [0.4, 0.5) is 0 Å². The molecule has 1 heterocycles. The average molecular weight is 436 g/mol. The second-order valence-corrected chi connectivity index (χ2v) is 7.39. The van der Waals surface area contributed by atoms with Crippen molar-refractivity contribution in [2.45, 2.75) is 43.0 Å². The smallest absolute Gasteiger partial charge is 0.195 e. The van der Waals surface area contributed by atoms with Gasteiger partial charge in [0.2, 0.25) is 0 Å². The Bertz CT molecular complexity index is 927. The monoisotopic (exact) mass is 436 g/mol. The van der Waals surface area contributed by atoms with E-state index < -0.39 is 66.1 Å². The fourth-order valence-electron chi connectivity index (χ4n) is 3.54. The van der Waals surface area contributed by atoms with Crippen molar-refractivity contribution in [3.63, 3.8) is 0 Å². The first-order valence-electron chi connectivity index (χ1n) is 9.51. The number of hydrogen-bond acceptors (Lipinski definition) is 10. The second kappa shape index (κ2) is 9.18. The van der Waals surface area contributed by atoms with E-state index in [1.807, 2.05) is 0 Å². The minimum absolute atomic E-state index is 0.0184. The van der Waals surface area contributed by atoms with Crippen molar-refractivity contribution < 1.29 is 50.4 Å². The molecule has 2 aromatic rings. The first-order chi connectivity index (χ1) is 14.6. The number of aliphatic hydroxyl groups is 5. The van der Waals surface area contributed by atoms with Crippen LogP contribution < -0.4 is 0 Å². The summed E-state index contributed by atoms with van der Waals surface area (Å²) in [5.74, 6) is -2.20. The van der Waals surface area contributed by atoms with E-state index in [0.717, 1.165) is 12.1 Å². The molecule has 0 amide bonds. The Morgan fingerprint density at radius 2 is 1.58 bits per heavy atom.